The maximum atomic E-state index is 12.1. The van der Waals surface area contributed by atoms with Crippen LogP contribution < -0.4 is 0 Å². The highest BCUT2D eigenvalue weighted by atomic mass is 79.9. The maximum absolute atomic E-state index is 12.1. The third-order valence-corrected chi connectivity index (χ3v) is 3.24. The molecule has 0 fully saturated rings. The van der Waals surface area contributed by atoms with E-state index < -0.39 is 0 Å². The minimum Gasteiger partial charge on any atom is -0.393 e. The fraction of sp³-hybridized carbons (Fsp3) is 0.462. The molecule has 0 spiro atoms. The van der Waals surface area contributed by atoms with Crippen LogP contribution in [0, 0.1) is 6.92 Å². The number of nitrogens with zero attached hydrogens (tertiary/aromatic N) is 1. The van der Waals surface area contributed by atoms with Crippen molar-refractivity contribution < 1.29 is 9.90 Å². The van der Waals surface area contributed by atoms with Gasteiger partial charge >= 0.3 is 0 Å². The van der Waals surface area contributed by atoms with Gasteiger partial charge in [-0.05, 0) is 53.9 Å². The summed E-state index contributed by atoms with van der Waals surface area (Å²) >= 11 is 3.40. The Morgan fingerprint density at radius 2 is 2.18 bits per heavy atom. The van der Waals surface area contributed by atoms with Crippen LogP contribution in [0.25, 0.3) is 0 Å². The van der Waals surface area contributed by atoms with Gasteiger partial charge in [0.25, 0.3) is 5.91 Å². The van der Waals surface area contributed by atoms with Gasteiger partial charge < -0.3 is 10.0 Å². The summed E-state index contributed by atoms with van der Waals surface area (Å²) < 4.78 is 0.811. The minimum atomic E-state index is -0.383. The molecule has 1 amide bonds. The molecule has 1 atom stereocenters. The number of benzene rings is 1. The van der Waals surface area contributed by atoms with E-state index in [4.69, 9.17) is 0 Å². The number of aliphatic hydroxyl groups excluding tert-OH is 1. The second kappa shape index (κ2) is 6.17. The van der Waals surface area contributed by atoms with Gasteiger partial charge in [-0.2, -0.15) is 0 Å². The lowest BCUT2D eigenvalue weighted by atomic mass is 10.1. The average molecular weight is 300 g/mol. The van der Waals surface area contributed by atoms with E-state index in [1.807, 2.05) is 25.1 Å². The van der Waals surface area contributed by atoms with Crippen molar-refractivity contribution in [2.45, 2.75) is 26.4 Å². The van der Waals surface area contributed by atoms with Crippen LogP contribution in [0.4, 0.5) is 0 Å². The lowest BCUT2D eigenvalue weighted by molar-refractivity contribution is 0.0768. The molecule has 94 valence electrons. The second-order valence-electron chi connectivity index (χ2n) is 4.35. The first-order chi connectivity index (χ1) is 7.91. The Kier molecular flexibility index (Phi) is 5.15. The summed E-state index contributed by atoms with van der Waals surface area (Å²) in [4.78, 5) is 13.7. The van der Waals surface area contributed by atoms with Crippen LogP contribution in [0.5, 0.6) is 0 Å². The third-order valence-electron chi connectivity index (χ3n) is 2.58. The maximum Gasteiger partial charge on any atom is 0.254 e. The van der Waals surface area contributed by atoms with Crippen LogP contribution in [0.2, 0.25) is 0 Å². The van der Waals surface area contributed by atoms with Crippen LogP contribution in [-0.2, 0) is 0 Å². The zero-order chi connectivity index (χ0) is 13.0. The fourth-order valence-electron chi connectivity index (χ4n) is 1.48. The summed E-state index contributed by atoms with van der Waals surface area (Å²) in [6.45, 7) is 4.26. The van der Waals surface area contributed by atoms with Gasteiger partial charge in [0, 0.05) is 18.1 Å². The van der Waals surface area contributed by atoms with Crippen LogP contribution in [0.1, 0.15) is 29.3 Å². The lowest BCUT2D eigenvalue weighted by Crippen LogP contribution is -2.29. The molecular formula is C13H18BrNO2. The molecule has 0 aromatic heterocycles. The van der Waals surface area contributed by atoms with Crippen LogP contribution in [0.3, 0.4) is 0 Å². The smallest absolute Gasteiger partial charge is 0.254 e. The third kappa shape index (κ3) is 4.13. The molecule has 0 aliphatic carbocycles. The highest BCUT2D eigenvalue weighted by Crippen LogP contribution is 2.19. The second-order valence-corrected chi connectivity index (χ2v) is 5.20. The lowest BCUT2D eigenvalue weighted by Gasteiger charge is -2.18. The molecule has 0 aliphatic heterocycles. The van der Waals surface area contributed by atoms with Crippen molar-refractivity contribution in [2.75, 3.05) is 13.6 Å². The molecule has 1 rings (SSSR count). The summed E-state index contributed by atoms with van der Waals surface area (Å²) in [5.74, 6) is -0.0301. The highest BCUT2D eigenvalue weighted by Gasteiger charge is 2.14. The Bertz CT molecular complexity index is 404. The monoisotopic (exact) mass is 299 g/mol. The number of hydrogen-bond donors (Lipinski definition) is 1. The molecule has 1 aromatic rings. The van der Waals surface area contributed by atoms with Gasteiger partial charge in [-0.15, -0.1) is 0 Å². The number of carbonyl (C=O) groups is 1. The van der Waals surface area contributed by atoms with Crippen LogP contribution in [0.15, 0.2) is 22.7 Å². The van der Waals surface area contributed by atoms with Gasteiger partial charge in [0.2, 0.25) is 0 Å². The van der Waals surface area contributed by atoms with Gasteiger partial charge in [-0.25, -0.2) is 0 Å². The van der Waals surface area contributed by atoms with Crippen molar-refractivity contribution in [3.63, 3.8) is 0 Å². The van der Waals surface area contributed by atoms with Gasteiger partial charge in [-0.3, -0.25) is 4.79 Å². The quantitative estimate of drug-likeness (QED) is 0.928. The molecule has 0 heterocycles. The number of hydrogen-bond acceptors (Lipinski definition) is 2. The first-order valence-electron chi connectivity index (χ1n) is 5.61. The Balaban J connectivity index is 2.75. The van der Waals surface area contributed by atoms with E-state index in [0.717, 1.165) is 10.0 Å². The van der Waals surface area contributed by atoms with E-state index in [2.05, 4.69) is 15.9 Å². The number of aliphatic hydroxyl groups is 1. The van der Waals surface area contributed by atoms with Crippen molar-refractivity contribution in [2.24, 2.45) is 0 Å². The predicted octanol–water partition coefficient (Wildman–Crippen LogP) is 2.60. The van der Waals surface area contributed by atoms with Gasteiger partial charge in [0.1, 0.15) is 0 Å². The van der Waals surface area contributed by atoms with Crippen molar-refractivity contribution in [1.82, 2.24) is 4.90 Å². The number of rotatable bonds is 4. The molecule has 1 unspecified atom stereocenters. The highest BCUT2D eigenvalue weighted by molar-refractivity contribution is 9.10. The van der Waals surface area contributed by atoms with Gasteiger partial charge in [-0.1, -0.05) is 6.07 Å². The first-order valence-corrected chi connectivity index (χ1v) is 6.40. The summed E-state index contributed by atoms with van der Waals surface area (Å²) in [6.07, 6.45) is 0.206. The molecule has 0 saturated carbocycles. The van der Waals surface area contributed by atoms with E-state index in [0.29, 0.717) is 18.5 Å². The predicted molar refractivity (Wildman–Crippen MR) is 72.1 cm³/mol. The van der Waals surface area contributed by atoms with Crippen molar-refractivity contribution in [3.05, 3.63) is 33.8 Å². The average Bonchev–Trinajstić information content (AvgIpc) is 2.25. The molecule has 0 bridgehead atoms. The summed E-state index contributed by atoms with van der Waals surface area (Å²) in [7, 11) is 1.75. The summed E-state index contributed by atoms with van der Waals surface area (Å²) in [6, 6.07) is 5.66. The zero-order valence-electron chi connectivity index (χ0n) is 10.4. The van der Waals surface area contributed by atoms with E-state index in [1.54, 1.807) is 18.9 Å². The molecule has 3 nitrogen and oxygen atoms in total. The summed E-state index contributed by atoms with van der Waals surface area (Å²) in [5, 5.41) is 9.20. The molecule has 0 aliphatic rings. The van der Waals surface area contributed by atoms with Crippen molar-refractivity contribution in [1.29, 1.82) is 0 Å². The Hall–Kier alpha value is -0.870. The Morgan fingerprint density at radius 3 is 2.71 bits per heavy atom. The van der Waals surface area contributed by atoms with E-state index in [9.17, 15) is 9.90 Å². The molecule has 17 heavy (non-hydrogen) atoms. The SMILES string of the molecule is Cc1ccc(C(=O)N(C)CCC(C)O)c(Br)c1. The number of amides is 1. The molecular weight excluding hydrogens is 282 g/mol. The Labute approximate surface area is 111 Å². The van der Waals surface area contributed by atoms with E-state index in [1.165, 1.54) is 0 Å². The Morgan fingerprint density at radius 1 is 1.53 bits per heavy atom. The number of aryl methyl sites for hydroxylation is 1. The van der Waals surface area contributed by atoms with Crippen LogP contribution >= 0.6 is 15.9 Å². The van der Waals surface area contributed by atoms with Gasteiger partial charge in [0.15, 0.2) is 0 Å². The fourth-order valence-corrected chi connectivity index (χ4v) is 2.14. The number of halogens is 1. The molecule has 0 radical (unpaired) electrons. The first kappa shape index (κ1) is 14.2. The molecule has 4 heteroatoms. The normalized spacial score (nSPS) is 12.3. The van der Waals surface area contributed by atoms with E-state index >= 15 is 0 Å². The van der Waals surface area contributed by atoms with Crippen molar-refractivity contribution in [3.8, 4) is 0 Å². The van der Waals surface area contributed by atoms with Crippen molar-refractivity contribution >= 4 is 21.8 Å². The minimum absolute atomic E-state index is 0.0301. The van der Waals surface area contributed by atoms with Crippen LogP contribution in [-0.4, -0.2) is 35.6 Å². The summed E-state index contributed by atoms with van der Waals surface area (Å²) in [5.41, 5.74) is 1.77. The molecule has 1 N–H and O–H groups in total. The molecule has 0 saturated heterocycles. The largest absolute Gasteiger partial charge is 0.393 e. The van der Waals surface area contributed by atoms with E-state index in [-0.39, 0.29) is 12.0 Å². The number of carbonyl (C=O) groups excluding carboxylic acids is 1. The molecule has 1 aromatic carbocycles. The standard InChI is InChI=1S/C13H18BrNO2/c1-9-4-5-11(12(14)8-9)13(17)15(3)7-6-10(2)16/h4-5,8,10,16H,6-7H2,1-3H3. The topological polar surface area (TPSA) is 40.5 Å². The van der Waals surface area contributed by atoms with Gasteiger partial charge in [0.05, 0.1) is 11.7 Å². The zero-order valence-corrected chi connectivity index (χ0v) is 12.0.